The molecule has 0 aromatic heterocycles. The smallest absolute Gasteiger partial charge is 0.313 e. The molecule has 1 amide bonds. The van der Waals surface area contributed by atoms with Gasteiger partial charge in [-0.05, 0) is 13.0 Å². The van der Waals surface area contributed by atoms with E-state index in [4.69, 9.17) is 9.47 Å². The molecule has 0 bridgehead atoms. The highest BCUT2D eigenvalue weighted by atomic mass is 16.6. The van der Waals surface area contributed by atoms with Crippen LogP contribution in [-0.2, 0) is 23.9 Å². The van der Waals surface area contributed by atoms with Crippen molar-refractivity contribution in [1.82, 2.24) is 5.32 Å². The quantitative estimate of drug-likeness (QED) is 0.263. The average Bonchev–Trinajstić information content (AvgIpc) is 2.26. The fraction of sp³-hybridized carbons (Fsp3) is 0.545. The van der Waals surface area contributed by atoms with Gasteiger partial charge < -0.3 is 14.8 Å². The summed E-state index contributed by atoms with van der Waals surface area (Å²) < 4.78 is 9.79. The third-order valence-electron chi connectivity index (χ3n) is 1.62. The number of esters is 1. The summed E-state index contributed by atoms with van der Waals surface area (Å²) in [5.74, 6) is -1.05. The lowest BCUT2D eigenvalue weighted by atomic mass is 10.3. The summed E-state index contributed by atoms with van der Waals surface area (Å²) in [5.41, 5.74) is 0. The second-order valence-corrected chi connectivity index (χ2v) is 3.21. The topological polar surface area (TPSA) is 81.7 Å². The van der Waals surface area contributed by atoms with E-state index in [2.05, 4.69) is 11.9 Å². The number of ether oxygens (including phenoxy) is 2. The molecule has 17 heavy (non-hydrogen) atoms. The largest absolute Gasteiger partial charge is 0.463 e. The van der Waals surface area contributed by atoms with Crippen LogP contribution in [0.25, 0.3) is 0 Å². The third-order valence-corrected chi connectivity index (χ3v) is 1.62. The molecule has 0 aliphatic heterocycles. The van der Waals surface area contributed by atoms with Crippen LogP contribution in [0.5, 0.6) is 0 Å². The molecule has 0 spiro atoms. The number of ketones is 1. The van der Waals surface area contributed by atoms with Crippen LogP contribution in [0, 0.1) is 0 Å². The summed E-state index contributed by atoms with van der Waals surface area (Å²) in [6.45, 7) is 5.63. The van der Waals surface area contributed by atoms with Crippen molar-refractivity contribution in [3.05, 3.63) is 12.7 Å². The highest BCUT2D eigenvalue weighted by Crippen LogP contribution is 1.88. The summed E-state index contributed by atoms with van der Waals surface area (Å²) in [4.78, 5) is 32.2. The molecule has 0 radical (unpaired) electrons. The molecule has 0 saturated heterocycles. The Morgan fingerprint density at radius 2 is 1.94 bits per heavy atom. The molecular weight excluding hydrogens is 226 g/mol. The first-order valence-corrected chi connectivity index (χ1v) is 5.19. The molecule has 0 aliphatic rings. The van der Waals surface area contributed by atoms with E-state index in [1.807, 2.05) is 0 Å². The van der Waals surface area contributed by atoms with E-state index in [-0.39, 0.29) is 31.3 Å². The molecule has 0 aromatic rings. The van der Waals surface area contributed by atoms with Gasteiger partial charge in [0.2, 0.25) is 5.91 Å². The van der Waals surface area contributed by atoms with Crippen LogP contribution >= 0.6 is 0 Å². The highest BCUT2D eigenvalue weighted by Gasteiger charge is 2.05. The van der Waals surface area contributed by atoms with E-state index in [1.165, 1.54) is 13.0 Å². The zero-order valence-electron chi connectivity index (χ0n) is 9.86. The van der Waals surface area contributed by atoms with Crippen LogP contribution < -0.4 is 5.32 Å². The molecule has 0 unspecified atom stereocenters. The Labute approximate surface area is 100.0 Å². The van der Waals surface area contributed by atoms with E-state index >= 15 is 0 Å². The first-order chi connectivity index (χ1) is 8.06. The lowest BCUT2D eigenvalue weighted by Gasteiger charge is -2.05. The molecule has 0 rings (SSSR count). The molecule has 0 saturated carbocycles. The molecule has 0 fully saturated rings. The molecule has 0 atom stereocenters. The number of hydrogen-bond acceptors (Lipinski definition) is 5. The Morgan fingerprint density at radius 3 is 2.53 bits per heavy atom. The first-order valence-electron chi connectivity index (χ1n) is 5.19. The van der Waals surface area contributed by atoms with Crippen LogP contribution in [0.4, 0.5) is 0 Å². The number of carbonyl (C=O) groups is 3. The fourth-order valence-electron chi connectivity index (χ4n) is 0.889. The summed E-state index contributed by atoms with van der Waals surface area (Å²) in [6.07, 6.45) is 0.957. The molecule has 0 aromatic carbocycles. The molecular formula is C11H17NO5. The van der Waals surface area contributed by atoms with Gasteiger partial charge in [-0.15, -0.1) is 0 Å². The van der Waals surface area contributed by atoms with Crippen molar-refractivity contribution in [3.63, 3.8) is 0 Å². The van der Waals surface area contributed by atoms with E-state index in [0.29, 0.717) is 13.2 Å². The molecule has 0 aliphatic carbocycles. The van der Waals surface area contributed by atoms with Gasteiger partial charge in [0, 0.05) is 6.54 Å². The minimum absolute atomic E-state index is 0.0987. The predicted octanol–water partition coefficient (Wildman–Crippen LogP) is -0.173. The predicted molar refractivity (Wildman–Crippen MR) is 60.3 cm³/mol. The van der Waals surface area contributed by atoms with E-state index < -0.39 is 5.97 Å². The van der Waals surface area contributed by atoms with Gasteiger partial charge in [-0.25, -0.2) is 0 Å². The lowest BCUT2D eigenvalue weighted by molar-refractivity contribution is -0.147. The van der Waals surface area contributed by atoms with Crippen molar-refractivity contribution in [1.29, 1.82) is 0 Å². The summed E-state index contributed by atoms with van der Waals surface area (Å²) in [7, 11) is 0. The number of nitrogens with one attached hydrogen (secondary N) is 1. The normalized spacial score (nSPS) is 9.47. The molecule has 96 valence electrons. The van der Waals surface area contributed by atoms with E-state index in [0.717, 1.165) is 0 Å². The van der Waals surface area contributed by atoms with Gasteiger partial charge in [0.15, 0.2) is 0 Å². The second-order valence-electron chi connectivity index (χ2n) is 3.21. The molecule has 6 heteroatoms. The monoisotopic (exact) mass is 243 g/mol. The molecule has 6 nitrogen and oxygen atoms in total. The summed E-state index contributed by atoms with van der Waals surface area (Å²) >= 11 is 0. The first kappa shape index (κ1) is 15.3. The van der Waals surface area contributed by atoms with Crippen LogP contribution in [0.2, 0.25) is 0 Å². The Balaban J connectivity index is 3.29. The molecule has 1 N–H and O–H groups in total. The van der Waals surface area contributed by atoms with Crippen molar-refractivity contribution in [2.24, 2.45) is 0 Å². The van der Waals surface area contributed by atoms with Crippen molar-refractivity contribution in [2.45, 2.75) is 13.3 Å². The Hall–Kier alpha value is -1.69. The van der Waals surface area contributed by atoms with Gasteiger partial charge in [-0.1, -0.05) is 6.58 Å². The Morgan fingerprint density at radius 1 is 1.24 bits per heavy atom. The minimum atomic E-state index is -0.555. The molecule has 0 heterocycles. The number of Topliss-reactive ketones (excluding diaryl/α,β-unsaturated/α-hetero) is 1. The average molecular weight is 243 g/mol. The van der Waals surface area contributed by atoms with Crippen molar-refractivity contribution < 1.29 is 23.9 Å². The highest BCUT2D eigenvalue weighted by molar-refractivity contribution is 5.94. The van der Waals surface area contributed by atoms with Crippen molar-refractivity contribution in [3.8, 4) is 0 Å². The summed E-state index contributed by atoms with van der Waals surface area (Å²) in [5, 5.41) is 2.52. The Bertz CT molecular complexity index is 288. The lowest BCUT2D eigenvalue weighted by Crippen LogP contribution is -2.25. The van der Waals surface area contributed by atoms with Gasteiger partial charge in [-0.2, -0.15) is 0 Å². The third kappa shape index (κ3) is 10.6. The number of carbonyl (C=O) groups excluding carboxylic acids is 3. The van der Waals surface area contributed by atoms with Gasteiger partial charge in [0.25, 0.3) is 0 Å². The van der Waals surface area contributed by atoms with Crippen molar-refractivity contribution >= 4 is 17.7 Å². The maximum atomic E-state index is 10.9. The van der Waals surface area contributed by atoms with Crippen molar-refractivity contribution in [2.75, 3.05) is 26.4 Å². The van der Waals surface area contributed by atoms with Gasteiger partial charge in [0.1, 0.15) is 18.8 Å². The second kappa shape index (κ2) is 9.53. The standard InChI is InChI=1S/C11H17NO5/c1-3-10(14)12-4-5-16-6-7-17-11(15)8-9(2)13/h3H,1,4-8H2,2H3,(H,12,14). The number of hydrogen-bond donors (Lipinski definition) is 1. The van der Waals surface area contributed by atoms with Gasteiger partial charge in [-0.3, -0.25) is 14.4 Å². The fourth-order valence-corrected chi connectivity index (χ4v) is 0.889. The Kier molecular flexibility index (Phi) is 8.58. The maximum Gasteiger partial charge on any atom is 0.313 e. The maximum absolute atomic E-state index is 10.9. The zero-order valence-corrected chi connectivity index (χ0v) is 9.86. The van der Waals surface area contributed by atoms with Crippen LogP contribution in [0.15, 0.2) is 12.7 Å². The summed E-state index contributed by atoms with van der Waals surface area (Å²) in [6, 6.07) is 0. The van der Waals surface area contributed by atoms with E-state index in [9.17, 15) is 14.4 Å². The SMILES string of the molecule is C=CC(=O)NCCOCCOC(=O)CC(C)=O. The van der Waals surface area contributed by atoms with E-state index in [1.54, 1.807) is 0 Å². The van der Waals surface area contributed by atoms with Crippen LogP contribution in [0.1, 0.15) is 13.3 Å². The zero-order chi connectivity index (χ0) is 13.1. The van der Waals surface area contributed by atoms with Gasteiger partial charge >= 0.3 is 5.97 Å². The van der Waals surface area contributed by atoms with Gasteiger partial charge in [0.05, 0.1) is 13.2 Å². The number of rotatable bonds is 9. The van der Waals surface area contributed by atoms with Crippen LogP contribution in [0.3, 0.4) is 0 Å². The van der Waals surface area contributed by atoms with Crippen LogP contribution in [-0.4, -0.2) is 44.0 Å². The number of amides is 1. The minimum Gasteiger partial charge on any atom is -0.463 e.